The SMILES string of the molecule is C[C@H](Sc1nnc(-c2ccccc2F)n1Cc1ccccc1)C(=O)NC1(C#N)CCCCC1. The van der Waals surface area contributed by atoms with Crippen LogP contribution < -0.4 is 5.32 Å². The smallest absolute Gasteiger partial charge is 0.234 e. The largest absolute Gasteiger partial charge is 0.337 e. The van der Waals surface area contributed by atoms with Crippen molar-refractivity contribution in [1.29, 1.82) is 5.26 Å². The molecular formula is C25H26FN5OS. The van der Waals surface area contributed by atoms with E-state index >= 15 is 0 Å². The van der Waals surface area contributed by atoms with E-state index in [1.54, 1.807) is 25.1 Å². The van der Waals surface area contributed by atoms with Crippen LogP contribution in [-0.2, 0) is 11.3 Å². The molecule has 170 valence electrons. The van der Waals surface area contributed by atoms with Crippen molar-refractivity contribution in [2.75, 3.05) is 0 Å². The highest BCUT2D eigenvalue weighted by molar-refractivity contribution is 8.00. The molecule has 1 saturated carbocycles. The maximum Gasteiger partial charge on any atom is 0.234 e. The molecule has 4 rings (SSSR count). The molecular weight excluding hydrogens is 437 g/mol. The summed E-state index contributed by atoms with van der Waals surface area (Å²) in [6.45, 7) is 2.23. The first-order valence-corrected chi connectivity index (χ1v) is 12.0. The summed E-state index contributed by atoms with van der Waals surface area (Å²) in [4.78, 5) is 13.0. The van der Waals surface area contributed by atoms with Gasteiger partial charge >= 0.3 is 0 Å². The Hall–Kier alpha value is -3.18. The van der Waals surface area contributed by atoms with Crippen LogP contribution in [-0.4, -0.2) is 31.5 Å². The fraction of sp³-hybridized carbons (Fsp3) is 0.360. The highest BCUT2D eigenvalue weighted by Gasteiger charge is 2.35. The summed E-state index contributed by atoms with van der Waals surface area (Å²) < 4.78 is 16.4. The Labute approximate surface area is 197 Å². The first-order chi connectivity index (χ1) is 16.0. The molecule has 0 spiro atoms. The van der Waals surface area contributed by atoms with Crippen LogP contribution >= 0.6 is 11.8 Å². The molecule has 1 atom stereocenters. The summed E-state index contributed by atoms with van der Waals surface area (Å²) in [6, 6.07) is 18.6. The predicted molar refractivity (Wildman–Crippen MR) is 126 cm³/mol. The zero-order valence-corrected chi connectivity index (χ0v) is 19.3. The lowest BCUT2D eigenvalue weighted by Gasteiger charge is -2.32. The number of carbonyl (C=O) groups excluding carboxylic acids is 1. The average Bonchev–Trinajstić information content (AvgIpc) is 3.22. The van der Waals surface area contributed by atoms with Gasteiger partial charge in [-0.25, -0.2) is 4.39 Å². The van der Waals surface area contributed by atoms with Crippen LogP contribution in [0.15, 0.2) is 59.8 Å². The van der Waals surface area contributed by atoms with Gasteiger partial charge in [-0.3, -0.25) is 9.36 Å². The first-order valence-electron chi connectivity index (χ1n) is 11.1. The van der Waals surface area contributed by atoms with E-state index in [4.69, 9.17) is 0 Å². The van der Waals surface area contributed by atoms with Crippen molar-refractivity contribution in [2.24, 2.45) is 0 Å². The molecule has 0 radical (unpaired) electrons. The van der Waals surface area contributed by atoms with Crippen LogP contribution in [0.5, 0.6) is 0 Å². The Morgan fingerprint density at radius 1 is 1.15 bits per heavy atom. The lowest BCUT2D eigenvalue weighted by Crippen LogP contribution is -2.51. The van der Waals surface area contributed by atoms with Crippen molar-refractivity contribution in [3.8, 4) is 17.5 Å². The third kappa shape index (κ3) is 5.25. The average molecular weight is 464 g/mol. The zero-order chi connectivity index (χ0) is 23.3. The second-order valence-electron chi connectivity index (χ2n) is 8.36. The van der Waals surface area contributed by atoms with E-state index in [9.17, 15) is 14.4 Å². The van der Waals surface area contributed by atoms with Crippen molar-refractivity contribution in [1.82, 2.24) is 20.1 Å². The number of halogens is 1. The van der Waals surface area contributed by atoms with Crippen molar-refractivity contribution in [2.45, 2.75) is 61.5 Å². The molecule has 1 N–H and O–H groups in total. The van der Waals surface area contributed by atoms with Gasteiger partial charge in [0.15, 0.2) is 11.0 Å². The number of amides is 1. The van der Waals surface area contributed by atoms with Gasteiger partial charge in [0, 0.05) is 0 Å². The van der Waals surface area contributed by atoms with Gasteiger partial charge < -0.3 is 5.32 Å². The van der Waals surface area contributed by atoms with Crippen molar-refractivity contribution in [3.63, 3.8) is 0 Å². The number of hydrogen-bond donors (Lipinski definition) is 1. The third-order valence-corrected chi connectivity index (χ3v) is 7.03. The molecule has 33 heavy (non-hydrogen) atoms. The van der Waals surface area contributed by atoms with E-state index in [1.165, 1.54) is 17.8 Å². The highest BCUT2D eigenvalue weighted by atomic mass is 32.2. The first kappa shape index (κ1) is 23.0. The molecule has 1 aromatic heterocycles. The molecule has 1 amide bonds. The summed E-state index contributed by atoms with van der Waals surface area (Å²) in [6.07, 6.45) is 4.31. The van der Waals surface area contributed by atoms with Crippen LogP contribution in [0.3, 0.4) is 0 Å². The fourth-order valence-electron chi connectivity index (χ4n) is 4.10. The van der Waals surface area contributed by atoms with Crippen molar-refractivity contribution in [3.05, 3.63) is 66.0 Å². The molecule has 0 aliphatic heterocycles. The molecule has 0 unspecified atom stereocenters. The fourth-order valence-corrected chi connectivity index (χ4v) is 4.94. The number of nitrogens with one attached hydrogen (secondary N) is 1. The minimum Gasteiger partial charge on any atom is -0.337 e. The Morgan fingerprint density at radius 2 is 1.85 bits per heavy atom. The standard InChI is InChI=1S/C25H26FN5OS/c1-18(23(32)28-25(17-27)14-8-3-9-15-25)33-24-30-29-22(20-12-6-7-13-21(20)26)31(24)16-19-10-4-2-5-11-19/h2,4-7,10-13,18H,3,8-9,14-16H2,1H3,(H,28,32)/t18-/m0/s1. The molecule has 1 aliphatic rings. The molecule has 1 aliphatic carbocycles. The van der Waals surface area contributed by atoms with Crippen LogP contribution in [0.1, 0.15) is 44.6 Å². The van der Waals surface area contributed by atoms with Gasteiger partial charge in [-0.15, -0.1) is 10.2 Å². The molecule has 2 aromatic carbocycles. The van der Waals surface area contributed by atoms with Gasteiger partial charge in [-0.05, 0) is 37.5 Å². The minimum absolute atomic E-state index is 0.204. The topological polar surface area (TPSA) is 83.6 Å². The van der Waals surface area contributed by atoms with Crippen molar-refractivity contribution >= 4 is 17.7 Å². The molecule has 6 nitrogen and oxygen atoms in total. The Kier molecular flexibility index (Phi) is 7.09. The van der Waals surface area contributed by atoms with E-state index < -0.39 is 10.8 Å². The monoisotopic (exact) mass is 463 g/mol. The quantitative estimate of drug-likeness (QED) is 0.501. The van der Waals surface area contributed by atoms with E-state index in [1.807, 2.05) is 34.9 Å². The van der Waals surface area contributed by atoms with Gasteiger partial charge in [0.2, 0.25) is 5.91 Å². The second-order valence-corrected chi connectivity index (χ2v) is 9.67. The maximum atomic E-state index is 14.6. The molecule has 1 heterocycles. The third-order valence-electron chi connectivity index (χ3n) is 5.95. The number of hydrogen-bond acceptors (Lipinski definition) is 5. The number of benzene rings is 2. The minimum atomic E-state index is -0.791. The zero-order valence-electron chi connectivity index (χ0n) is 18.5. The van der Waals surface area contributed by atoms with Crippen LogP contribution in [0.25, 0.3) is 11.4 Å². The Morgan fingerprint density at radius 3 is 2.55 bits per heavy atom. The van der Waals surface area contributed by atoms with Gasteiger partial charge in [0.25, 0.3) is 0 Å². The van der Waals surface area contributed by atoms with E-state index in [0.29, 0.717) is 35.9 Å². The van der Waals surface area contributed by atoms with Crippen LogP contribution in [0.2, 0.25) is 0 Å². The molecule has 0 bridgehead atoms. The Bertz CT molecular complexity index is 1150. The molecule has 1 fully saturated rings. The number of nitriles is 1. The predicted octanol–water partition coefficient (Wildman–Crippen LogP) is 4.96. The summed E-state index contributed by atoms with van der Waals surface area (Å²) in [5.41, 5.74) is 0.579. The number of aromatic nitrogens is 3. The molecule has 8 heteroatoms. The molecule has 0 saturated heterocycles. The van der Waals surface area contributed by atoms with Gasteiger partial charge in [0.1, 0.15) is 11.4 Å². The number of thioether (sulfide) groups is 1. The van der Waals surface area contributed by atoms with Gasteiger partial charge in [-0.2, -0.15) is 5.26 Å². The Balaban J connectivity index is 1.60. The van der Waals surface area contributed by atoms with E-state index in [2.05, 4.69) is 21.6 Å². The summed E-state index contributed by atoms with van der Waals surface area (Å²) >= 11 is 1.26. The number of carbonyl (C=O) groups is 1. The summed E-state index contributed by atoms with van der Waals surface area (Å²) in [7, 11) is 0. The van der Waals surface area contributed by atoms with Crippen molar-refractivity contribution < 1.29 is 9.18 Å². The summed E-state index contributed by atoms with van der Waals surface area (Å²) in [5, 5.41) is 21.3. The van der Waals surface area contributed by atoms with E-state index in [0.717, 1.165) is 24.8 Å². The van der Waals surface area contributed by atoms with Crippen LogP contribution in [0.4, 0.5) is 4.39 Å². The normalized spacial score (nSPS) is 16.0. The van der Waals surface area contributed by atoms with Gasteiger partial charge in [0.05, 0.1) is 23.4 Å². The summed E-state index contributed by atoms with van der Waals surface area (Å²) in [5.74, 6) is -0.173. The lowest BCUT2D eigenvalue weighted by molar-refractivity contribution is -0.121. The highest BCUT2D eigenvalue weighted by Crippen LogP contribution is 2.31. The maximum absolute atomic E-state index is 14.6. The van der Waals surface area contributed by atoms with E-state index in [-0.39, 0.29) is 11.7 Å². The second kappa shape index (κ2) is 10.2. The van der Waals surface area contributed by atoms with Crippen LogP contribution in [0, 0.1) is 17.1 Å². The molecule has 3 aromatic rings. The number of rotatable bonds is 7. The lowest BCUT2D eigenvalue weighted by atomic mass is 9.83. The van der Waals surface area contributed by atoms with Gasteiger partial charge in [-0.1, -0.05) is 73.5 Å². The number of nitrogens with zero attached hydrogens (tertiary/aromatic N) is 4.